The second kappa shape index (κ2) is 8.25. The highest BCUT2D eigenvalue weighted by atomic mass is 35.5. The fourth-order valence-corrected chi connectivity index (χ4v) is 3.46. The van der Waals surface area contributed by atoms with E-state index in [0.29, 0.717) is 16.7 Å². The van der Waals surface area contributed by atoms with Gasteiger partial charge in [-0.1, -0.05) is 24.6 Å². The minimum absolute atomic E-state index is 0.609. The second-order valence-corrected chi connectivity index (χ2v) is 7.63. The lowest BCUT2D eigenvalue weighted by atomic mass is 10.1. The van der Waals surface area contributed by atoms with E-state index >= 15 is 0 Å². The first-order valence-corrected chi connectivity index (χ1v) is 10.5. The highest BCUT2D eigenvalue weighted by Crippen LogP contribution is 2.27. The summed E-state index contributed by atoms with van der Waals surface area (Å²) in [6, 6.07) is 25.3. The van der Waals surface area contributed by atoms with Crippen molar-refractivity contribution in [3.63, 3.8) is 0 Å². The summed E-state index contributed by atoms with van der Waals surface area (Å²) in [5.41, 5.74) is 5.62. The normalized spacial score (nSPS) is 11.5. The van der Waals surface area contributed by atoms with Crippen molar-refractivity contribution in [2.45, 2.75) is 13.3 Å². The standard InChI is InChI=1S/C26H19ClN2O2/c1-2-17-3-13-25-23(15-17)29-26(31-25)19-6-10-21(11-7-19)28-16-22-12-14-24(30-22)18-4-8-20(27)9-5-18/h3-16H,2H2,1H3. The Labute approximate surface area is 184 Å². The molecule has 0 aliphatic heterocycles. The Morgan fingerprint density at radius 1 is 0.871 bits per heavy atom. The van der Waals surface area contributed by atoms with Crippen LogP contribution in [-0.4, -0.2) is 11.2 Å². The van der Waals surface area contributed by atoms with Crippen LogP contribution in [0.1, 0.15) is 18.2 Å². The summed E-state index contributed by atoms with van der Waals surface area (Å²) in [5.74, 6) is 2.06. The van der Waals surface area contributed by atoms with E-state index in [1.807, 2.05) is 66.7 Å². The Morgan fingerprint density at radius 2 is 1.65 bits per heavy atom. The van der Waals surface area contributed by atoms with Crippen LogP contribution in [-0.2, 0) is 6.42 Å². The minimum Gasteiger partial charge on any atom is -0.455 e. The number of nitrogens with zero attached hydrogens (tertiary/aromatic N) is 2. The fourth-order valence-electron chi connectivity index (χ4n) is 3.34. The van der Waals surface area contributed by atoms with E-state index in [2.05, 4.69) is 29.0 Å². The molecular formula is C26H19ClN2O2. The van der Waals surface area contributed by atoms with E-state index in [4.69, 9.17) is 20.4 Å². The van der Waals surface area contributed by atoms with Gasteiger partial charge >= 0.3 is 0 Å². The van der Waals surface area contributed by atoms with Crippen molar-refractivity contribution in [3.8, 4) is 22.8 Å². The molecule has 0 fully saturated rings. The van der Waals surface area contributed by atoms with Crippen LogP contribution in [0.25, 0.3) is 33.9 Å². The number of furan rings is 1. The van der Waals surface area contributed by atoms with Gasteiger partial charge in [-0.3, -0.25) is 4.99 Å². The molecule has 0 atom stereocenters. The van der Waals surface area contributed by atoms with Gasteiger partial charge in [0.2, 0.25) is 5.89 Å². The summed E-state index contributed by atoms with van der Waals surface area (Å²) in [4.78, 5) is 9.13. The van der Waals surface area contributed by atoms with Gasteiger partial charge in [-0.15, -0.1) is 0 Å². The van der Waals surface area contributed by atoms with E-state index in [0.717, 1.165) is 40.1 Å². The van der Waals surface area contributed by atoms with Crippen molar-refractivity contribution in [2.75, 3.05) is 0 Å². The summed E-state index contributed by atoms with van der Waals surface area (Å²) in [5, 5.41) is 0.698. The van der Waals surface area contributed by atoms with Gasteiger partial charge in [0.1, 0.15) is 17.0 Å². The van der Waals surface area contributed by atoms with Crippen LogP contribution < -0.4 is 0 Å². The van der Waals surface area contributed by atoms with Gasteiger partial charge in [0, 0.05) is 16.1 Å². The monoisotopic (exact) mass is 426 g/mol. The topological polar surface area (TPSA) is 51.5 Å². The van der Waals surface area contributed by atoms with E-state index in [1.165, 1.54) is 5.56 Å². The third kappa shape index (κ3) is 4.16. The van der Waals surface area contributed by atoms with Crippen molar-refractivity contribution < 1.29 is 8.83 Å². The van der Waals surface area contributed by atoms with E-state index < -0.39 is 0 Å². The Kier molecular flexibility index (Phi) is 5.14. The zero-order chi connectivity index (χ0) is 21.2. The molecule has 0 saturated heterocycles. The molecule has 0 spiro atoms. The molecule has 4 nitrogen and oxygen atoms in total. The van der Waals surface area contributed by atoms with Crippen LogP contribution >= 0.6 is 11.6 Å². The van der Waals surface area contributed by atoms with Crippen molar-refractivity contribution in [3.05, 3.63) is 95.2 Å². The van der Waals surface area contributed by atoms with Crippen LogP contribution in [0, 0.1) is 0 Å². The maximum Gasteiger partial charge on any atom is 0.227 e. The molecule has 0 N–H and O–H groups in total. The molecule has 0 unspecified atom stereocenters. The van der Waals surface area contributed by atoms with E-state index in [9.17, 15) is 0 Å². The highest BCUT2D eigenvalue weighted by Gasteiger charge is 2.09. The third-order valence-electron chi connectivity index (χ3n) is 5.07. The minimum atomic E-state index is 0.609. The predicted molar refractivity (Wildman–Crippen MR) is 125 cm³/mol. The van der Waals surface area contributed by atoms with Crippen molar-refractivity contribution in [1.82, 2.24) is 4.98 Å². The van der Waals surface area contributed by atoms with Gasteiger partial charge in [0.15, 0.2) is 5.58 Å². The van der Waals surface area contributed by atoms with Crippen LogP contribution in [0.2, 0.25) is 5.02 Å². The molecule has 0 saturated carbocycles. The van der Waals surface area contributed by atoms with E-state index in [1.54, 1.807) is 6.21 Å². The number of oxazole rings is 1. The molecular weight excluding hydrogens is 408 g/mol. The first-order valence-electron chi connectivity index (χ1n) is 10.1. The van der Waals surface area contributed by atoms with Crippen LogP contribution in [0.5, 0.6) is 0 Å². The number of halogens is 1. The zero-order valence-electron chi connectivity index (χ0n) is 16.9. The molecule has 0 bridgehead atoms. The molecule has 0 aliphatic rings. The summed E-state index contributed by atoms with van der Waals surface area (Å²) in [6.45, 7) is 2.13. The quantitative estimate of drug-likeness (QED) is 0.270. The molecule has 31 heavy (non-hydrogen) atoms. The molecule has 152 valence electrons. The van der Waals surface area contributed by atoms with Gasteiger partial charge in [-0.25, -0.2) is 4.98 Å². The molecule has 0 aliphatic carbocycles. The Balaban J connectivity index is 1.32. The fraction of sp³-hybridized carbons (Fsp3) is 0.0769. The molecule has 2 heterocycles. The lowest BCUT2D eigenvalue weighted by Gasteiger charge is -1.97. The van der Waals surface area contributed by atoms with Gasteiger partial charge in [0.05, 0.1) is 11.9 Å². The Hall–Kier alpha value is -3.63. The predicted octanol–water partition coefficient (Wildman–Crippen LogP) is 7.72. The first-order chi connectivity index (χ1) is 15.2. The second-order valence-electron chi connectivity index (χ2n) is 7.19. The Bertz CT molecular complexity index is 1360. The van der Waals surface area contributed by atoms with E-state index in [-0.39, 0.29) is 0 Å². The average molecular weight is 427 g/mol. The largest absolute Gasteiger partial charge is 0.455 e. The average Bonchev–Trinajstić information content (AvgIpc) is 3.45. The molecule has 3 aromatic carbocycles. The highest BCUT2D eigenvalue weighted by molar-refractivity contribution is 6.30. The number of aryl methyl sites for hydroxylation is 1. The zero-order valence-corrected chi connectivity index (χ0v) is 17.6. The van der Waals surface area contributed by atoms with Crippen molar-refractivity contribution in [2.24, 2.45) is 4.99 Å². The lowest BCUT2D eigenvalue weighted by molar-refractivity contribution is 0.575. The van der Waals surface area contributed by atoms with Crippen LogP contribution in [0.15, 0.2) is 92.7 Å². The molecule has 5 rings (SSSR count). The number of benzene rings is 3. The third-order valence-corrected chi connectivity index (χ3v) is 5.32. The molecule has 5 heteroatoms. The number of hydrogen-bond donors (Lipinski definition) is 0. The number of aromatic nitrogens is 1. The number of aliphatic imine (C=N–C) groups is 1. The number of rotatable bonds is 5. The summed E-state index contributed by atoms with van der Waals surface area (Å²) < 4.78 is 11.8. The summed E-state index contributed by atoms with van der Waals surface area (Å²) >= 11 is 5.94. The van der Waals surface area contributed by atoms with Gasteiger partial charge < -0.3 is 8.83 Å². The van der Waals surface area contributed by atoms with Gasteiger partial charge in [0.25, 0.3) is 0 Å². The van der Waals surface area contributed by atoms with Crippen LogP contribution in [0.4, 0.5) is 5.69 Å². The summed E-state index contributed by atoms with van der Waals surface area (Å²) in [7, 11) is 0. The number of fused-ring (bicyclic) bond motifs is 1. The summed E-state index contributed by atoms with van der Waals surface area (Å²) in [6.07, 6.45) is 2.68. The lowest BCUT2D eigenvalue weighted by Crippen LogP contribution is -1.79. The van der Waals surface area contributed by atoms with Crippen molar-refractivity contribution >= 4 is 34.6 Å². The van der Waals surface area contributed by atoms with Gasteiger partial charge in [-0.05, 0) is 84.8 Å². The maximum atomic E-state index is 5.94. The smallest absolute Gasteiger partial charge is 0.227 e. The Morgan fingerprint density at radius 3 is 2.42 bits per heavy atom. The SMILES string of the molecule is CCc1ccc2oc(-c3ccc(N=Cc4ccc(-c5ccc(Cl)cc5)o4)cc3)nc2c1. The van der Waals surface area contributed by atoms with Crippen molar-refractivity contribution in [1.29, 1.82) is 0 Å². The number of hydrogen-bond acceptors (Lipinski definition) is 4. The van der Waals surface area contributed by atoms with Gasteiger partial charge in [-0.2, -0.15) is 0 Å². The molecule has 5 aromatic rings. The maximum absolute atomic E-state index is 5.94. The molecule has 0 amide bonds. The van der Waals surface area contributed by atoms with Crippen LogP contribution in [0.3, 0.4) is 0 Å². The molecule has 2 aromatic heterocycles. The molecule has 0 radical (unpaired) electrons. The first kappa shape index (κ1) is 19.3.